The highest BCUT2D eigenvalue weighted by Crippen LogP contribution is 2.44. The lowest BCUT2D eigenvalue weighted by Gasteiger charge is -2.37. The van der Waals surface area contributed by atoms with Crippen molar-refractivity contribution in [3.8, 4) is 0 Å². The van der Waals surface area contributed by atoms with Crippen molar-refractivity contribution < 1.29 is 9.53 Å². The van der Waals surface area contributed by atoms with Gasteiger partial charge in [0, 0.05) is 21.6 Å². The van der Waals surface area contributed by atoms with Gasteiger partial charge in [-0.3, -0.25) is 4.79 Å². The number of benzene rings is 1. The molecule has 2 bridgehead atoms. The van der Waals surface area contributed by atoms with Gasteiger partial charge in [0.25, 0.3) is 0 Å². The molecule has 4 heteroatoms. The van der Waals surface area contributed by atoms with Crippen LogP contribution in [0.15, 0.2) is 24.3 Å². The maximum Gasteiger partial charge on any atom is 0.310 e. The minimum Gasteiger partial charge on any atom is -0.469 e. The number of methoxy groups -OCH3 is 1. The number of carbonyl (C=O) groups is 1. The molecule has 5 unspecified atom stereocenters. The molecule has 1 aromatic carbocycles. The molecule has 0 saturated carbocycles. The average molecular weight is 385 g/mol. The van der Waals surface area contributed by atoms with Crippen LogP contribution in [0, 0.1) is 15.4 Å². The van der Waals surface area contributed by atoms with Gasteiger partial charge in [0.15, 0.2) is 0 Å². The fourth-order valence-electron chi connectivity index (χ4n) is 3.93. The third kappa shape index (κ3) is 2.48. The smallest absolute Gasteiger partial charge is 0.310 e. The summed E-state index contributed by atoms with van der Waals surface area (Å²) < 4.78 is 6.31. The zero-order chi connectivity index (χ0) is 14.3. The first-order valence-corrected chi connectivity index (χ1v) is 8.27. The first-order valence-electron chi connectivity index (χ1n) is 7.19. The standard InChI is InChI=1S/C16H20INO2/c1-9-7-12-8-13(10-3-5-11(17)6-4-10)14(15(9)18-12)16(19)20-2/h3-6,9,12-15,18H,7-8H2,1-2H3. The lowest BCUT2D eigenvalue weighted by molar-refractivity contribution is -0.148. The molecule has 0 aromatic heterocycles. The van der Waals surface area contributed by atoms with Gasteiger partial charge in [-0.1, -0.05) is 19.1 Å². The van der Waals surface area contributed by atoms with E-state index in [2.05, 4.69) is 59.1 Å². The molecule has 1 aromatic rings. The summed E-state index contributed by atoms with van der Waals surface area (Å²) in [6.45, 7) is 2.24. The summed E-state index contributed by atoms with van der Waals surface area (Å²) in [5.74, 6) is 0.686. The van der Waals surface area contributed by atoms with Crippen molar-refractivity contribution >= 4 is 28.6 Å². The molecule has 2 heterocycles. The first-order chi connectivity index (χ1) is 9.60. The first kappa shape index (κ1) is 14.3. The molecule has 5 atom stereocenters. The third-order valence-electron chi connectivity index (χ3n) is 4.83. The van der Waals surface area contributed by atoms with Gasteiger partial charge in [0.1, 0.15) is 0 Å². The highest BCUT2D eigenvalue weighted by Gasteiger charge is 2.49. The summed E-state index contributed by atoms with van der Waals surface area (Å²) in [5, 5.41) is 3.61. The van der Waals surface area contributed by atoms with Crippen LogP contribution >= 0.6 is 22.6 Å². The SMILES string of the molecule is COC(=O)C1C(c2ccc(I)cc2)CC2CC(C)C1N2. The molecule has 20 heavy (non-hydrogen) atoms. The van der Waals surface area contributed by atoms with Gasteiger partial charge in [-0.2, -0.15) is 0 Å². The van der Waals surface area contributed by atoms with E-state index in [9.17, 15) is 4.79 Å². The topological polar surface area (TPSA) is 38.3 Å². The summed E-state index contributed by atoms with van der Waals surface area (Å²) in [6, 6.07) is 9.37. The van der Waals surface area contributed by atoms with E-state index < -0.39 is 0 Å². The summed E-state index contributed by atoms with van der Waals surface area (Å²) in [7, 11) is 1.50. The van der Waals surface area contributed by atoms with Crippen molar-refractivity contribution in [2.75, 3.05) is 7.11 Å². The zero-order valence-electron chi connectivity index (χ0n) is 11.8. The number of halogens is 1. The van der Waals surface area contributed by atoms with Crippen molar-refractivity contribution in [1.82, 2.24) is 5.32 Å². The van der Waals surface area contributed by atoms with Crippen molar-refractivity contribution in [3.05, 3.63) is 33.4 Å². The summed E-state index contributed by atoms with van der Waals surface area (Å²) in [6.07, 6.45) is 2.19. The van der Waals surface area contributed by atoms with Crippen molar-refractivity contribution in [3.63, 3.8) is 0 Å². The Morgan fingerprint density at radius 2 is 2.00 bits per heavy atom. The van der Waals surface area contributed by atoms with E-state index in [1.807, 2.05) is 0 Å². The van der Waals surface area contributed by atoms with Crippen LogP contribution in [-0.2, 0) is 9.53 Å². The summed E-state index contributed by atoms with van der Waals surface area (Å²) >= 11 is 2.31. The second-order valence-electron chi connectivity index (χ2n) is 6.05. The Morgan fingerprint density at radius 1 is 1.30 bits per heavy atom. The van der Waals surface area contributed by atoms with E-state index >= 15 is 0 Å². The van der Waals surface area contributed by atoms with Gasteiger partial charge in [0.2, 0.25) is 0 Å². The minimum absolute atomic E-state index is 0.0613. The lowest BCUT2D eigenvalue weighted by Crippen LogP contribution is -2.49. The molecule has 2 saturated heterocycles. The number of hydrogen-bond acceptors (Lipinski definition) is 3. The Labute approximate surface area is 133 Å². The number of nitrogens with one attached hydrogen (secondary N) is 1. The predicted molar refractivity (Wildman–Crippen MR) is 86.5 cm³/mol. The number of carbonyl (C=O) groups excluding carboxylic acids is 1. The van der Waals surface area contributed by atoms with Crippen LogP contribution in [0.4, 0.5) is 0 Å². The highest BCUT2D eigenvalue weighted by atomic mass is 127. The van der Waals surface area contributed by atoms with Crippen LogP contribution in [0.2, 0.25) is 0 Å². The fourth-order valence-corrected chi connectivity index (χ4v) is 4.29. The molecule has 2 aliphatic heterocycles. The molecule has 1 N–H and O–H groups in total. The summed E-state index contributed by atoms with van der Waals surface area (Å²) in [4.78, 5) is 12.3. The average Bonchev–Trinajstić information content (AvgIpc) is 2.74. The number of piperidine rings is 1. The quantitative estimate of drug-likeness (QED) is 0.629. The second kappa shape index (κ2) is 5.64. The maximum atomic E-state index is 12.3. The van der Waals surface area contributed by atoms with Gasteiger partial charge in [-0.05, 0) is 59.0 Å². The Morgan fingerprint density at radius 3 is 2.65 bits per heavy atom. The molecule has 0 radical (unpaired) electrons. The van der Waals surface area contributed by atoms with E-state index in [0.717, 1.165) is 6.42 Å². The Hall–Kier alpha value is -0.620. The summed E-state index contributed by atoms with van der Waals surface area (Å²) in [5.41, 5.74) is 1.27. The molecule has 0 amide bonds. The van der Waals surface area contributed by atoms with Crippen LogP contribution in [0.3, 0.4) is 0 Å². The molecule has 0 aliphatic carbocycles. The van der Waals surface area contributed by atoms with Crippen molar-refractivity contribution in [2.45, 2.75) is 37.8 Å². The van der Waals surface area contributed by atoms with Crippen LogP contribution in [0.1, 0.15) is 31.2 Å². The largest absolute Gasteiger partial charge is 0.469 e. The number of esters is 1. The molecule has 3 rings (SSSR count). The van der Waals surface area contributed by atoms with Crippen LogP contribution in [0.25, 0.3) is 0 Å². The molecule has 2 fully saturated rings. The van der Waals surface area contributed by atoms with Gasteiger partial charge in [0.05, 0.1) is 13.0 Å². The second-order valence-corrected chi connectivity index (χ2v) is 7.29. The van der Waals surface area contributed by atoms with E-state index in [0.29, 0.717) is 12.0 Å². The normalized spacial score (nSPS) is 35.9. The fraction of sp³-hybridized carbons (Fsp3) is 0.562. The van der Waals surface area contributed by atoms with E-state index in [4.69, 9.17) is 4.74 Å². The van der Waals surface area contributed by atoms with Gasteiger partial charge < -0.3 is 10.1 Å². The van der Waals surface area contributed by atoms with Gasteiger partial charge in [-0.15, -0.1) is 0 Å². The molecule has 108 valence electrons. The maximum absolute atomic E-state index is 12.3. The number of hydrogen-bond donors (Lipinski definition) is 1. The molecular formula is C16H20INO2. The molecular weight excluding hydrogens is 365 g/mol. The number of fused-ring (bicyclic) bond motifs is 2. The van der Waals surface area contributed by atoms with Crippen molar-refractivity contribution in [2.24, 2.45) is 11.8 Å². The Kier molecular flexibility index (Phi) is 4.04. The van der Waals surface area contributed by atoms with E-state index in [1.165, 1.54) is 22.7 Å². The number of rotatable bonds is 2. The highest BCUT2D eigenvalue weighted by molar-refractivity contribution is 14.1. The molecule has 2 aliphatic rings. The monoisotopic (exact) mass is 385 g/mol. The number of ether oxygens (including phenoxy) is 1. The van der Waals surface area contributed by atoms with Crippen LogP contribution in [-0.4, -0.2) is 25.2 Å². The Bertz CT molecular complexity index is 502. The lowest BCUT2D eigenvalue weighted by atomic mass is 9.76. The third-order valence-corrected chi connectivity index (χ3v) is 5.55. The molecule has 0 spiro atoms. The molecule has 3 nitrogen and oxygen atoms in total. The van der Waals surface area contributed by atoms with Crippen LogP contribution < -0.4 is 5.32 Å². The minimum atomic E-state index is -0.0711. The predicted octanol–water partition coefficient (Wildman–Crippen LogP) is 2.93. The zero-order valence-corrected chi connectivity index (χ0v) is 14.0. The Balaban J connectivity index is 1.95. The van der Waals surface area contributed by atoms with Gasteiger partial charge >= 0.3 is 5.97 Å². The van der Waals surface area contributed by atoms with Crippen LogP contribution in [0.5, 0.6) is 0 Å². The van der Waals surface area contributed by atoms with E-state index in [1.54, 1.807) is 0 Å². The van der Waals surface area contributed by atoms with Gasteiger partial charge in [-0.25, -0.2) is 0 Å². The van der Waals surface area contributed by atoms with E-state index in [-0.39, 0.29) is 23.8 Å². The van der Waals surface area contributed by atoms with Crippen molar-refractivity contribution in [1.29, 1.82) is 0 Å².